The van der Waals surface area contributed by atoms with Crippen LogP contribution in [-0.4, -0.2) is 43.2 Å². The number of piperidine rings is 1. The van der Waals surface area contributed by atoms with Gasteiger partial charge in [-0.3, -0.25) is 9.78 Å². The van der Waals surface area contributed by atoms with Crippen LogP contribution < -0.4 is 10.1 Å². The van der Waals surface area contributed by atoms with Gasteiger partial charge >= 0.3 is 0 Å². The molecule has 2 bridgehead atoms. The molecule has 3 heterocycles. The van der Waals surface area contributed by atoms with E-state index in [4.69, 9.17) is 9.47 Å². The van der Waals surface area contributed by atoms with Crippen molar-refractivity contribution in [3.63, 3.8) is 0 Å². The molecule has 2 atom stereocenters. The summed E-state index contributed by atoms with van der Waals surface area (Å²) in [5.74, 6) is 0.863. The Morgan fingerprint density at radius 1 is 1.37 bits per heavy atom. The zero-order valence-electron chi connectivity index (χ0n) is 11.0. The largest absolute Gasteiger partial charge is 0.495 e. The standard InChI is InChI=1S/C14H18N2O3/c1-18-13-4-10(5-15-6-13)14(17)9-2-11-7-19-8-12(3-9)16-11/h4-6,9,11-12,16H,2-3,7-8H2,1H3. The molecule has 2 saturated heterocycles. The van der Waals surface area contributed by atoms with Gasteiger partial charge in [-0.25, -0.2) is 0 Å². The Morgan fingerprint density at radius 3 is 2.79 bits per heavy atom. The smallest absolute Gasteiger partial charge is 0.167 e. The van der Waals surface area contributed by atoms with Gasteiger partial charge in [0, 0.05) is 29.8 Å². The highest BCUT2D eigenvalue weighted by Gasteiger charge is 2.35. The minimum atomic E-state index is 0.0639. The number of morpholine rings is 1. The maximum absolute atomic E-state index is 12.5. The third-order valence-corrected chi connectivity index (χ3v) is 3.85. The number of rotatable bonds is 3. The fraction of sp³-hybridized carbons (Fsp3) is 0.571. The Bertz CT molecular complexity index is 466. The van der Waals surface area contributed by atoms with Gasteiger partial charge in [-0.05, 0) is 18.9 Å². The maximum Gasteiger partial charge on any atom is 0.167 e. The van der Waals surface area contributed by atoms with Gasteiger partial charge in [0.15, 0.2) is 5.78 Å². The van der Waals surface area contributed by atoms with Crippen LogP contribution in [0, 0.1) is 5.92 Å². The number of methoxy groups -OCH3 is 1. The van der Waals surface area contributed by atoms with Crippen LogP contribution in [0.1, 0.15) is 23.2 Å². The van der Waals surface area contributed by atoms with Crippen LogP contribution in [0.25, 0.3) is 0 Å². The number of carbonyl (C=O) groups excluding carboxylic acids is 1. The van der Waals surface area contributed by atoms with Crippen molar-refractivity contribution in [3.05, 3.63) is 24.0 Å². The Labute approximate surface area is 112 Å². The minimum Gasteiger partial charge on any atom is -0.495 e. The summed E-state index contributed by atoms with van der Waals surface area (Å²) in [5.41, 5.74) is 0.644. The lowest BCUT2D eigenvalue weighted by molar-refractivity contribution is 0.00952. The fourth-order valence-electron chi connectivity index (χ4n) is 2.95. The summed E-state index contributed by atoms with van der Waals surface area (Å²) in [6.45, 7) is 1.41. The lowest BCUT2D eigenvalue weighted by Crippen LogP contribution is -2.55. The molecule has 2 unspecified atom stereocenters. The highest BCUT2D eigenvalue weighted by Crippen LogP contribution is 2.27. The molecule has 5 heteroatoms. The first-order valence-electron chi connectivity index (χ1n) is 6.63. The first-order chi connectivity index (χ1) is 9.26. The topological polar surface area (TPSA) is 60.5 Å². The molecule has 0 aromatic carbocycles. The number of Topliss-reactive ketones (excluding diaryl/α,β-unsaturated/α-hetero) is 1. The lowest BCUT2D eigenvalue weighted by Gasteiger charge is -2.39. The van der Waals surface area contributed by atoms with Crippen molar-refractivity contribution in [2.24, 2.45) is 5.92 Å². The zero-order chi connectivity index (χ0) is 13.2. The number of pyridine rings is 1. The number of ketones is 1. The SMILES string of the molecule is COc1cncc(C(=O)C2CC3COCC(C2)N3)c1. The van der Waals surface area contributed by atoms with Gasteiger partial charge in [0.05, 0.1) is 26.5 Å². The number of carbonyl (C=O) groups is 1. The maximum atomic E-state index is 12.5. The highest BCUT2D eigenvalue weighted by atomic mass is 16.5. The molecule has 2 aliphatic heterocycles. The van der Waals surface area contributed by atoms with Crippen LogP contribution >= 0.6 is 0 Å². The molecule has 1 aromatic heterocycles. The number of nitrogens with one attached hydrogen (secondary N) is 1. The Morgan fingerprint density at radius 2 is 2.11 bits per heavy atom. The summed E-state index contributed by atoms with van der Waals surface area (Å²) in [6, 6.07) is 2.38. The van der Waals surface area contributed by atoms with E-state index in [2.05, 4.69) is 10.3 Å². The number of hydrogen-bond acceptors (Lipinski definition) is 5. The predicted molar refractivity (Wildman–Crippen MR) is 69.4 cm³/mol. The molecule has 0 spiro atoms. The van der Waals surface area contributed by atoms with Gasteiger partial charge in [-0.1, -0.05) is 0 Å². The third-order valence-electron chi connectivity index (χ3n) is 3.85. The van der Waals surface area contributed by atoms with Gasteiger partial charge in [0.1, 0.15) is 5.75 Å². The molecule has 0 radical (unpaired) electrons. The third kappa shape index (κ3) is 2.62. The zero-order valence-corrected chi connectivity index (χ0v) is 11.0. The summed E-state index contributed by atoms with van der Waals surface area (Å²) in [4.78, 5) is 16.6. The molecule has 1 aromatic rings. The Balaban J connectivity index is 1.76. The van der Waals surface area contributed by atoms with E-state index in [-0.39, 0.29) is 11.7 Å². The van der Waals surface area contributed by atoms with Crippen molar-refractivity contribution in [2.45, 2.75) is 24.9 Å². The Hall–Kier alpha value is -1.46. The fourth-order valence-corrected chi connectivity index (χ4v) is 2.95. The van der Waals surface area contributed by atoms with Gasteiger partial charge in [0.2, 0.25) is 0 Å². The van der Waals surface area contributed by atoms with E-state index in [0.29, 0.717) is 36.6 Å². The summed E-state index contributed by atoms with van der Waals surface area (Å²) in [6.07, 6.45) is 4.92. The van der Waals surface area contributed by atoms with E-state index in [1.54, 1.807) is 25.6 Å². The van der Waals surface area contributed by atoms with Crippen LogP contribution in [-0.2, 0) is 4.74 Å². The van der Waals surface area contributed by atoms with E-state index >= 15 is 0 Å². The first-order valence-corrected chi connectivity index (χ1v) is 6.63. The second-order valence-corrected chi connectivity index (χ2v) is 5.24. The summed E-state index contributed by atoms with van der Waals surface area (Å²) in [7, 11) is 1.58. The predicted octanol–water partition coefficient (Wildman–Crippen LogP) is 1.04. The molecular formula is C14H18N2O3. The van der Waals surface area contributed by atoms with E-state index in [1.807, 2.05) is 0 Å². The second kappa shape index (κ2) is 5.27. The van der Waals surface area contributed by atoms with Gasteiger partial charge in [-0.2, -0.15) is 0 Å². The average molecular weight is 262 g/mol. The molecule has 0 amide bonds. The van der Waals surface area contributed by atoms with Crippen molar-refractivity contribution in [1.29, 1.82) is 0 Å². The van der Waals surface area contributed by atoms with Gasteiger partial charge in [0.25, 0.3) is 0 Å². The second-order valence-electron chi connectivity index (χ2n) is 5.24. The van der Waals surface area contributed by atoms with Crippen molar-refractivity contribution < 1.29 is 14.3 Å². The molecule has 3 rings (SSSR count). The van der Waals surface area contributed by atoms with Crippen molar-refractivity contribution >= 4 is 5.78 Å². The number of nitrogens with zero attached hydrogens (tertiary/aromatic N) is 1. The number of aromatic nitrogens is 1. The van der Waals surface area contributed by atoms with E-state index < -0.39 is 0 Å². The van der Waals surface area contributed by atoms with Crippen LogP contribution in [0.5, 0.6) is 5.75 Å². The van der Waals surface area contributed by atoms with Crippen LogP contribution in [0.3, 0.4) is 0 Å². The molecule has 2 aliphatic rings. The number of fused-ring (bicyclic) bond motifs is 2. The van der Waals surface area contributed by atoms with Crippen LogP contribution in [0.2, 0.25) is 0 Å². The van der Waals surface area contributed by atoms with Gasteiger partial charge < -0.3 is 14.8 Å². The molecule has 0 aliphatic carbocycles. The molecule has 2 fully saturated rings. The number of ether oxygens (including phenoxy) is 2. The van der Waals surface area contributed by atoms with Gasteiger partial charge in [-0.15, -0.1) is 0 Å². The molecule has 19 heavy (non-hydrogen) atoms. The first kappa shape index (κ1) is 12.6. The Kier molecular flexibility index (Phi) is 3.48. The molecule has 102 valence electrons. The summed E-state index contributed by atoms with van der Waals surface area (Å²) >= 11 is 0. The van der Waals surface area contributed by atoms with E-state index in [1.165, 1.54) is 0 Å². The summed E-state index contributed by atoms with van der Waals surface area (Å²) in [5, 5.41) is 3.49. The highest BCUT2D eigenvalue weighted by molar-refractivity contribution is 5.98. The summed E-state index contributed by atoms with van der Waals surface area (Å²) < 4.78 is 10.6. The van der Waals surface area contributed by atoms with Crippen molar-refractivity contribution in [2.75, 3.05) is 20.3 Å². The number of hydrogen-bond donors (Lipinski definition) is 1. The lowest BCUT2D eigenvalue weighted by atomic mass is 9.82. The van der Waals surface area contributed by atoms with E-state index in [0.717, 1.165) is 12.8 Å². The monoisotopic (exact) mass is 262 g/mol. The normalized spacial score (nSPS) is 29.8. The van der Waals surface area contributed by atoms with Crippen molar-refractivity contribution in [3.8, 4) is 5.75 Å². The molecule has 0 saturated carbocycles. The van der Waals surface area contributed by atoms with Crippen molar-refractivity contribution in [1.82, 2.24) is 10.3 Å². The van der Waals surface area contributed by atoms with Crippen LogP contribution in [0.15, 0.2) is 18.5 Å². The average Bonchev–Trinajstić information content (AvgIpc) is 2.46. The quantitative estimate of drug-likeness (QED) is 0.825. The van der Waals surface area contributed by atoms with E-state index in [9.17, 15) is 4.79 Å². The molecular weight excluding hydrogens is 244 g/mol. The minimum absolute atomic E-state index is 0.0639. The van der Waals surface area contributed by atoms with Crippen LogP contribution in [0.4, 0.5) is 0 Å². The molecule has 5 nitrogen and oxygen atoms in total. The molecule has 1 N–H and O–H groups in total.